The standard InChI is InChI=1S/C13H10BrFN2O3/c14-10-6-9(17(19)20)2-3-12(10)16-7-8-1-4-13(18)11(15)5-8/h1-6,16,18H,7H2. The molecule has 2 aromatic rings. The number of hydrogen-bond acceptors (Lipinski definition) is 4. The van der Waals surface area contributed by atoms with Crippen molar-refractivity contribution >= 4 is 27.3 Å². The number of nitro groups is 1. The summed E-state index contributed by atoms with van der Waals surface area (Å²) in [7, 11) is 0. The van der Waals surface area contributed by atoms with Gasteiger partial charge in [-0.2, -0.15) is 0 Å². The summed E-state index contributed by atoms with van der Waals surface area (Å²) in [5.74, 6) is -1.09. The van der Waals surface area contributed by atoms with E-state index in [4.69, 9.17) is 5.11 Å². The molecular formula is C13H10BrFN2O3. The number of nitrogens with zero attached hydrogens (tertiary/aromatic N) is 1. The van der Waals surface area contributed by atoms with Gasteiger partial charge in [-0.15, -0.1) is 0 Å². The van der Waals surface area contributed by atoms with Gasteiger partial charge in [-0.1, -0.05) is 6.07 Å². The lowest BCUT2D eigenvalue weighted by atomic mass is 10.2. The Hall–Kier alpha value is -2.15. The minimum atomic E-state index is -0.688. The largest absolute Gasteiger partial charge is 0.505 e. The van der Waals surface area contributed by atoms with E-state index in [9.17, 15) is 14.5 Å². The van der Waals surface area contributed by atoms with Crippen LogP contribution >= 0.6 is 15.9 Å². The number of hydrogen-bond donors (Lipinski definition) is 2. The van der Waals surface area contributed by atoms with Gasteiger partial charge in [0.05, 0.1) is 4.92 Å². The topological polar surface area (TPSA) is 75.4 Å². The van der Waals surface area contributed by atoms with Crippen molar-refractivity contribution in [3.8, 4) is 5.75 Å². The Morgan fingerprint density at radius 3 is 2.65 bits per heavy atom. The van der Waals surface area contributed by atoms with Gasteiger partial charge in [0, 0.05) is 28.8 Å². The molecule has 0 unspecified atom stereocenters. The smallest absolute Gasteiger partial charge is 0.270 e. The van der Waals surface area contributed by atoms with Crippen molar-refractivity contribution in [2.45, 2.75) is 6.54 Å². The van der Waals surface area contributed by atoms with Crippen molar-refractivity contribution in [1.29, 1.82) is 0 Å². The van der Waals surface area contributed by atoms with Gasteiger partial charge >= 0.3 is 0 Å². The summed E-state index contributed by atoms with van der Waals surface area (Å²) in [4.78, 5) is 10.1. The number of anilines is 1. The van der Waals surface area contributed by atoms with E-state index in [2.05, 4.69) is 21.2 Å². The Bertz CT molecular complexity index is 664. The number of benzene rings is 2. The zero-order valence-electron chi connectivity index (χ0n) is 10.1. The van der Waals surface area contributed by atoms with Gasteiger partial charge < -0.3 is 10.4 Å². The van der Waals surface area contributed by atoms with E-state index in [0.29, 0.717) is 22.3 Å². The first-order valence-electron chi connectivity index (χ1n) is 5.62. The fraction of sp³-hybridized carbons (Fsp3) is 0.0769. The van der Waals surface area contributed by atoms with Gasteiger partial charge in [0.1, 0.15) is 0 Å². The number of nitrogens with one attached hydrogen (secondary N) is 1. The van der Waals surface area contributed by atoms with E-state index >= 15 is 0 Å². The molecule has 0 saturated heterocycles. The minimum Gasteiger partial charge on any atom is -0.505 e. The molecule has 0 fully saturated rings. The van der Waals surface area contributed by atoms with Crippen LogP contribution in [0.1, 0.15) is 5.56 Å². The van der Waals surface area contributed by atoms with Crippen molar-refractivity contribution in [1.82, 2.24) is 0 Å². The molecule has 0 aliphatic rings. The Balaban J connectivity index is 2.10. The first-order valence-corrected chi connectivity index (χ1v) is 6.42. The molecule has 0 aromatic heterocycles. The number of halogens is 2. The van der Waals surface area contributed by atoms with Crippen molar-refractivity contribution in [3.05, 3.63) is 62.4 Å². The molecule has 0 atom stereocenters. The molecule has 5 nitrogen and oxygen atoms in total. The molecule has 0 saturated carbocycles. The van der Waals surface area contributed by atoms with Crippen LogP contribution in [0, 0.1) is 15.9 Å². The third-order valence-electron chi connectivity index (χ3n) is 2.66. The first kappa shape index (κ1) is 14.3. The third-order valence-corrected chi connectivity index (χ3v) is 3.31. The summed E-state index contributed by atoms with van der Waals surface area (Å²) in [5, 5.41) is 22.7. The van der Waals surface area contributed by atoms with Crippen LogP contribution in [0.3, 0.4) is 0 Å². The minimum absolute atomic E-state index is 0.0156. The second-order valence-corrected chi connectivity index (χ2v) is 4.91. The molecule has 20 heavy (non-hydrogen) atoms. The molecule has 0 radical (unpaired) electrons. The van der Waals surface area contributed by atoms with Crippen LogP contribution in [0.2, 0.25) is 0 Å². The van der Waals surface area contributed by atoms with E-state index in [1.807, 2.05) is 0 Å². The molecular weight excluding hydrogens is 331 g/mol. The Morgan fingerprint density at radius 1 is 1.30 bits per heavy atom. The predicted octanol–water partition coefficient (Wildman–Crippen LogP) is 3.81. The highest BCUT2D eigenvalue weighted by Gasteiger charge is 2.09. The second-order valence-electron chi connectivity index (χ2n) is 4.06. The first-order chi connectivity index (χ1) is 9.47. The highest BCUT2D eigenvalue weighted by atomic mass is 79.9. The molecule has 2 rings (SSSR count). The van der Waals surface area contributed by atoms with Gasteiger partial charge in [0.15, 0.2) is 11.6 Å². The molecule has 0 aliphatic carbocycles. The van der Waals surface area contributed by atoms with Crippen LogP contribution in [0.4, 0.5) is 15.8 Å². The van der Waals surface area contributed by atoms with E-state index in [1.165, 1.54) is 24.3 Å². The number of non-ortho nitro benzene ring substituents is 1. The second kappa shape index (κ2) is 5.87. The maximum absolute atomic E-state index is 13.2. The number of aromatic hydroxyl groups is 1. The summed E-state index contributed by atoms with van der Waals surface area (Å²) in [6, 6.07) is 8.42. The van der Waals surface area contributed by atoms with Gasteiger partial charge in [0.25, 0.3) is 5.69 Å². The molecule has 0 amide bonds. The van der Waals surface area contributed by atoms with Crippen LogP contribution in [-0.2, 0) is 6.54 Å². The Labute approximate surface area is 122 Å². The summed E-state index contributed by atoms with van der Waals surface area (Å²) < 4.78 is 13.7. The molecule has 0 heterocycles. The number of nitro benzene ring substituents is 1. The molecule has 0 aliphatic heterocycles. The van der Waals surface area contributed by atoms with Gasteiger partial charge in [-0.05, 0) is 39.7 Å². The quantitative estimate of drug-likeness (QED) is 0.655. The summed E-state index contributed by atoms with van der Waals surface area (Å²) >= 11 is 3.23. The van der Waals surface area contributed by atoms with Crippen LogP contribution in [0.5, 0.6) is 5.75 Å². The monoisotopic (exact) mass is 340 g/mol. The zero-order chi connectivity index (χ0) is 14.7. The summed E-state index contributed by atoms with van der Waals surface area (Å²) in [6.45, 7) is 0.327. The Morgan fingerprint density at radius 2 is 2.05 bits per heavy atom. The van der Waals surface area contributed by atoms with Crippen LogP contribution in [-0.4, -0.2) is 10.0 Å². The lowest BCUT2D eigenvalue weighted by Gasteiger charge is -2.09. The Kier molecular flexibility index (Phi) is 4.19. The maximum atomic E-state index is 13.2. The van der Waals surface area contributed by atoms with E-state index < -0.39 is 16.5 Å². The summed E-state index contributed by atoms with van der Waals surface area (Å²) in [5.41, 5.74) is 1.28. The lowest BCUT2D eigenvalue weighted by Crippen LogP contribution is -2.01. The molecule has 7 heteroatoms. The molecule has 2 aromatic carbocycles. The van der Waals surface area contributed by atoms with Crippen molar-refractivity contribution in [2.24, 2.45) is 0 Å². The molecule has 0 bridgehead atoms. The SMILES string of the molecule is O=[N+]([O-])c1ccc(NCc2ccc(O)c(F)c2)c(Br)c1. The van der Waals surface area contributed by atoms with Crippen molar-refractivity contribution in [2.75, 3.05) is 5.32 Å². The van der Waals surface area contributed by atoms with Crippen LogP contribution in [0.25, 0.3) is 0 Å². The van der Waals surface area contributed by atoms with Crippen LogP contribution < -0.4 is 5.32 Å². The molecule has 0 spiro atoms. The van der Waals surface area contributed by atoms with Crippen molar-refractivity contribution < 1.29 is 14.4 Å². The fourth-order valence-corrected chi connectivity index (χ4v) is 2.13. The highest BCUT2D eigenvalue weighted by Crippen LogP contribution is 2.27. The number of rotatable bonds is 4. The maximum Gasteiger partial charge on any atom is 0.270 e. The highest BCUT2D eigenvalue weighted by molar-refractivity contribution is 9.10. The lowest BCUT2D eigenvalue weighted by molar-refractivity contribution is -0.384. The number of phenolic OH excluding ortho intramolecular Hbond substituents is 1. The van der Waals surface area contributed by atoms with Gasteiger partial charge in [-0.25, -0.2) is 4.39 Å². The third kappa shape index (κ3) is 3.24. The van der Waals surface area contributed by atoms with Crippen LogP contribution in [0.15, 0.2) is 40.9 Å². The normalized spacial score (nSPS) is 10.3. The average molecular weight is 341 g/mol. The average Bonchev–Trinajstić information content (AvgIpc) is 2.41. The summed E-state index contributed by atoms with van der Waals surface area (Å²) in [6.07, 6.45) is 0. The fourth-order valence-electron chi connectivity index (χ4n) is 1.62. The zero-order valence-corrected chi connectivity index (χ0v) is 11.7. The molecule has 104 valence electrons. The van der Waals surface area contributed by atoms with Gasteiger partial charge in [0.2, 0.25) is 0 Å². The van der Waals surface area contributed by atoms with E-state index in [0.717, 1.165) is 0 Å². The van der Waals surface area contributed by atoms with Crippen molar-refractivity contribution in [3.63, 3.8) is 0 Å². The van der Waals surface area contributed by atoms with E-state index in [-0.39, 0.29) is 5.69 Å². The van der Waals surface area contributed by atoms with Gasteiger partial charge in [-0.3, -0.25) is 10.1 Å². The van der Waals surface area contributed by atoms with E-state index in [1.54, 1.807) is 12.1 Å². The molecule has 2 N–H and O–H groups in total. The predicted molar refractivity (Wildman–Crippen MR) is 76.2 cm³/mol. The number of phenols is 1.